The molecule has 0 fully saturated rings. The van der Waals surface area contributed by atoms with Gasteiger partial charge in [0.2, 0.25) is 0 Å². The molecule has 4 nitrogen and oxygen atoms in total. The first-order valence-electron chi connectivity index (χ1n) is 5.99. The van der Waals surface area contributed by atoms with Crippen molar-refractivity contribution in [1.29, 1.82) is 5.26 Å². The second-order valence-corrected chi connectivity index (χ2v) is 5.33. The molecule has 2 heterocycles. The lowest BCUT2D eigenvalue weighted by atomic mass is 10.1. The number of thioether (sulfide) groups is 1. The fraction of sp³-hybridized carbons (Fsp3) is 0.308. The van der Waals surface area contributed by atoms with E-state index >= 15 is 0 Å². The van der Waals surface area contributed by atoms with Crippen LogP contribution in [0.25, 0.3) is 0 Å². The maximum atomic E-state index is 12.9. The van der Waals surface area contributed by atoms with E-state index in [1.165, 1.54) is 6.92 Å². The molecule has 0 atom stereocenters. The average Bonchev–Trinajstić information content (AvgIpc) is 2.90. The third kappa shape index (κ3) is 3.76. The van der Waals surface area contributed by atoms with Gasteiger partial charge in [0.25, 0.3) is 0 Å². The van der Waals surface area contributed by atoms with Gasteiger partial charge in [-0.2, -0.15) is 18.4 Å². The zero-order valence-electron chi connectivity index (χ0n) is 11.1. The van der Waals surface area contributed by atoms with Crippen LogP contribution in [0, 0.1) is 18.3 Å². The molecule has 2 rings (SSSR count). The summed E-state index contributed by atoms with van der Waals surface area (Å²) in [5, 5.41) is 9.13. The Morgan fingerprint density at radius 2 is 2.19 bits per heavy atom. The van der Waals surface area contributed by atoms with Crippen LogP contribution in [0.3, 0.4) is 0 Å². The number of aromatic nitrogens is 3. The van der Waals surface area contributed by atoms with Crippen molar-refractivity contribution < 1.29 is 13.2 Å². The quantitative estimate of drug-likeness (QED) is 0.813. The first-order chi connectivity index (χ1) is 9.91. The van der Waals surface area contributed by atoms with Gasteiger partial charge >= 0.3 is 6.18 Å². The molecule has 110 valence electrons. The van der Waals surface area contributed by atoms with Crippen LogP contribution in [0.1, 0.15) is 16.8 Å². The molecule has 0 amide bonds. The zero-order valence-corrected chi connectivity index (χ0v) is 11.9. The minimum absolute atomic E-state index is 0.116. The monoisotopic (exact) mass is 312 g/mol. The van der Waals surface area contributed by atoms with E-state index in [1.807, 2.05) is 0 Å². The normalized spacial score (nSPS) is 11.4. The van der Waals surface area contributed by atoms with Crippen molar-refractivity contribution in [3.05, 3.63) is 41.6 Å². The largest absolute Gasteiger partial charge is 0.417 e. The van der Waals surface area contributed by atoms with Crippen LogP contribution in [0.15, 0.2) is 29.8 Å². The van der Waals surface area contributed by atoms with Gasteiger partial charge in [-0.25, -0.2) is 9.97 Å². The van der Waals surface area contributed by atoms with E-state index in [9.17, 15) is 13.2 Å². The molecule has 0 aromatic carbocycles. The number of alkyl halides is 3. The van der Waals surface area contributed by atoms with Gasteiger partial charge in [-0.05, 0) is 13.0 Å². The highest BCUT2D eigenvalue weighted by molar-refractivity contribution is 7.99. The van der Waals surface area contributed by atoms with Gasteiger partial charge < -0.3 is 4.57 Å². The summed E-state index contributed by atoms with van der Waals surface area (Å²) in [6.07, 6.45) is 0.448. The summed E-state index contributed by atoms with van der Waals surface area (Å²) >= 11 is 1.13. The molecule has 0 saturated carbocycles. The van der Waals surface area contributed by atoms with Gasteiger partial charge in [0.15, 0.2) is 0 Å². The lowest BCUT2D eigenvalue weighted by Crippen LogP contribution is -2.11. The molecular weight excluding hydrogens is 301 g/mol. The maximum absolute atomic E-state index is 12.9. The second kappa shape index (κ2) is 6.18. The van der Waals surface area contributed by atoms with Crippen molar-refractivity contribution in [1.82, 2.24) is 14.5 Å². The van der Waals surface area contributed by atoms with Crippen LogP contribution in [0.2, 0.25) is 0 Å². The highest BCUT2D eigenvalue weighted by Crippen LogP contribution is 2.35. The van der Waals surface area contributed by atoms with Crippen LogP contribution in [0.5, 0.6) is 0 Å². The highest BCUT2D eigenvalue weighted by Gasteiger charge is 2.35. The first kappa shape index (κ1) is 15.4. The number of hydrogen-bond donors (Lipinski definition) is 0. The first-order valence-corrected chi connectivity index (χ1v) is 6.98. The van der Waals surface area contributed by atoms with Crippen molar-refractivity contribution in [3.8, 4) is 6.07 Å². The molecule has 0 N–H and O–H groups in total. The topological polar surface area (TPSA) is 54.5 Å². The number of imidazole rings is 1. The fourth-order valence-electron chi connectivity index (χ4n) is 1.75. The Hall–Kier alpha value is -2.01. The lowest BCUT2D eigenvalue weighted by Gasteiger charge is -2.12. The summed E-state index contributed by atoms with van der Waals surface area (Å²) in [6, 6.07) is 2.52. The molecule has 0 aliphatic rings. The molecule has 0 bridgehead atoms. The van der Waals surface area contributed by atoms with Gasteiger partial charge in [0, 0.05) is 30.4 Å². The van der Waals surface area contributed by atoms with Crippen LogP contribution in [-0.2, 0) is 12.7 Å². The standard InChI is InChI=1S/C13H11F3N4S/c1-9-6-11(13(14,15)16)10(7-17)12(19-9)21-5-4-20-3-2-18-8-20/h2-3,6,8H,4-5H2,1H3. The van der Waals surface area contributed by atoms with Crippen molar-refractivity contribution >= 4 is 11.8 Å². The smallest absolute Gasteiger partial charge is 0.337 e. The number of hydrogen-bond acceptors (Lipinski definition) is 4. The van der Waals surface area contributed by atoms with E-state index in [2.05, 4.69) is 9.97 Å². The van der Waals surface area contributed by atoms with Gasteiger partial charge in [0.1, 0.15) is 11.1 Å². The van der Waals surface area contributed by atoms with Crippen LogP contribution >= 0.6 is 11.8 Å². The SMILES string of the molecule is Cc1cc(C(F)(F)F)c(C#N)c(SCCn2ccnc2)n1. The number of rotatable bonds is 4. The molecule has 21 heavy (non-hydrogen) atoms. The van der Waals surface area contributed by atoms with E-state index < -0.39 is 17.3 Å². The summed E-state index contributed by atoms with van der Waals surface area (Å²) in [7, 11) is 0. The van der Waals surface area contributed by atoms with Crippen molar-refractivity contribution in [2.75, 3.05) is 5.75 Å². The lowest BCUT2D eigenvalue weighted by molar-refractivity contribution is -0.138. The Labute approximate surface area is 123 Å². The number of halogens is 3. The number of pyridine rings is 1. The summed E-state index contributed by atoms with van der Waals surface area (Å²) in [5.74, 6) is 0.499. The minimum Gasteiger partial charge on any atom is -0.337 e. The molecular formula is C13H11F3N4S. The van der Waals surface area contributed by atoms with E-state index in [0.717, 1.165) is 17.8 Å². The van der Waals surface area contributed by atoms with Crippen LogP contribution in [0.4, 0.5) is 13.2 Å². The Bertz CT molecular complexity index is 659. The molecule has 2 aromatic rings. The van der Waals surface area contributed by atoms with Crippen LogP contribution in [-0.4, -0.2) is 20.3 Å². The molecule has 0 unspecified atom stereocenters. The molecule has 0 aliphatic carbocycles. The van der Waals surface area contributed by atoms with Crippen molar-refractivity contribution in [3.63, 3.8) is 0 Å². The Morgan fingerprint density at radius 3 is 2.76 bits per heavy atom. The van der Waals surface area contributed by atoms with Crippen molar-refractivity contribution in [2.45, 2.75) is 24.7 Å². The predicted molar refractivity (Wildman–Crippen MR) is 71.6 cm³/mol. The van der Waals surface area contributed by atoms with Crippen LogP contribution < -0.4 is 0 Å². The summed E-state index contributed by atoms with van der Waals surface area (Å²) < 4.78 is 40.6. The van der Waals surface area contributed by atoms with E-state index in [1.54, 1.807) is 29.4 Å². The molecule has 0 radical (unpaired) electrons. The third-order valence-corrected chi connectivity index (χ3v) is 3.63. The van der Waals surface area contributed by atoms with E-state index in [4.69, 9.17) is 5.26 Å². The summed E-state index contributed by atoms with van der Waals surface area (Å²) in [6.45, 7) is 2.06. The van der Waals surface area contributed by atoms with E-state index in [0.29, 0.717) is 12.3 Å². The molecule has 0 aliphatic heterocycles. The predicted octanol–water partition coefficient (Wildman–Crippen LogP) is 3.27. The average molecular weight is 312 g/mol. The Kier molecular flexibility index (Phi) is 4.53. The van der Waals surface area contributed by atoms with Gasteiger partial charge in [0.05, 0.1) is 17.5 Å². The molecule has 2 aromatic heterocycles. The number of nitrogens with zero attached hydrogens (tertiary/aromatic N) is 4. The van der Waals surface area contributed by atoms with Gasteiger partial charge in [-0.15, -0.1) is 11.8 Å². The zero-order chi connectivity index (χ0) is 15.5. The third-order valence-electron chi connectivity index (χ3n) is 2.68. The molecule has 0 spiro atoms. The highest BCUT2D eigenvalue weighted by atomic mass is 32.2. The maximum Gasteiger partial charge on any atom is 0.417 e. The molecule has 0 saturated heterocycles. The fourth-order valence-corrected chi connectivity index (χ4v) is 2.75. The van der Waals surface area contributed by atoms with Gasteiger partial charge in [-0.3, -0.25) is 0 Å². The Morgan fingerprint density at radius 1 is 1.43 bits per heavy atom. The number of aryl methyl sites for hydroxylation is 2. The van der Waals surface area contributed by atoms with E-state index in [-0.39, 0.29) is 10.7 Å². The summed E-state index contributed by atoms with van der Waals surface area (Å²) in [5.41, 5.74) is -1.10. The Balaban J connectivity index is 2.22. The minimum atomic E-state index is -4.56. The molecule has 8 heteroatoms. The van der Waals surface area contributed by atoms with Gasteiger partial charge in [-0.1, -0.05) is 0 Å². The van der Waals surface area contributed by atoms with Crippen molar-refractivity contribution in [2.24, 2.45) is 0 Å². The number of nitriles is 1. The summed E-state index contributed by atoms with van der Waals surface area (Å²) in [4.78, 5) is 7.93. The second-order valence-electron chi connectivity index (χ2n) is 4.25.